The first-order chi connectivity index (χ1) is 7.79. The standard InChI is InChI=1S/C11H20N4O/c1-9(8-12)7-10-13-11(14-16-10)15-5-3-2-4-6-15/h9H,2-8,12H2,1H3. The Hall–Kier alpha value is -1.10. The van der Waals surface area contributed by atoms with E-state index >= 15 is 0 Å². The number of nitrogens with zero attached hydrogens (tertiary/aromatic N) is 3. The van der Waals surface area contributed by atoms with Crippen molar-refractivity contribution < 1.29 is 4.52 Å². The summed E-state index contributed by atoms with van der Waals surface area (Å²) in [5.74, 6) is 1.85. The maximum atomic E-state index is 5.57. The monoisotopic (exact) mass is 224 g/mol. The molecule has 1 fully saturated rings. The molecule has 90 valence electrons. The van der Waals surface area contributed by atoms with Crippen molar-refractivity contribution in [3.05, 3.63) is 5.89 Å². The molecule has 1 unspecified atom stereocenters. The van der Waals surface area contributed by atoms with Gasteiger partial charge in [0.1, 0.15) is 0 Å². The van der Waals surface area contributed by atoms with E-state index in [9.17, 15) is 0 Å². The first-order valence-corrected chi connectivity index (χ1v) is 6.07. The van der Waals surface area contributed by atoms with Gasteiger partial charge in [-0.25, -0.2) is 0 Å². The molecule has 0 aliphatic carbocycles. The van der Waals surface area contributed by atoms with Gasteiger partial charge in [0.2, 0.25) is 5.89 Å². The Labute approximate surface area is 96.0 Å². The molecule has 1 saturated heterocycles. The third-order valence-corrected chi connectivity index (χ3v) is 3.02. The van der Waals surface area contributed by atoms with Crippen molar-refractivity contribution in [2.45, 2.75) is 32.6 Å². The van der Waals surface area contributed by atoms with Gasteiger partial charge in [-0.3, -0.25) is 0 Å². The molecule has 2 heterocycles. The molecule has 1 aromatic heterocycles. The molecule has 0 radical (unpaired) electrons. The summed E-state index contributed by atoms with van der Waals surface area (Å²) in [4.78, 5) is 6.61. The predicted octanol–water partition coefficient (Wildman–Crippen LogP) is 1.20. The van der Waals surface area contributed by atoms with Crippen LogP contribution in [0.25, 0.3) is 0 Å². The molecule has 0 aromatic carbocycles. The lowest BCUT2D eigenvalue weighted by Crippen LogP contribution is -2.30. The predicted molar refractivity (Wildman–Crippen MR) is 62.3 cm³/mol. The van der Waals surface area contributed by atoms with Crippen molar-refractivity contribution in [3.63, 3.8) is 0 Å². The van der Waals surface area contributed by atoms with Crippen molar-refractivity contribution in [1.29, 1.82) is 0 Å². The lowest BCUT2D eigenvalue weighted by Gasteiger charge is -2.24. The normalized spacial score (nSPS) is 18.8. The zero-order valence-electron chi connectivity index (χ0n) is 9.85. The summed E-state index contributed by atoms with van der Waals surface area (Å²) in [6, 6.07) is 0. The van der Waals surface area contributed by atoms with Crippen LogP contribution in [0.1, 0.15) is 32.1 Å². The lowest BCUT2D eigenvalue weighted by atomic mass is 10.1. The highest BCUT2D eigenvalue weighted by atomic mass is 16.5. The van der Waals surface area contributed by atoms with E-state index in [4.69, 9.17) is 10.3 Å². The van der Waals surface area contributed by atoms with Crippen molar-refractivity contribution in [3.8, 4) is 0 Å². The van der Waals surface area contributed by atoms with E-state index in [0.717, 1.165) is 25.5 Å². The number of nitrogens with two attached hydrogens (primary N) is 1. The van der Waals surface area contributed by atoms with Crippen LogP contribution in [0, 0.1) is 5.92 Å². The lowest BCUT2D eigenvalue weighted by molar-refractivity contribution is 0.358. The summed E-state index contributed by atoms with van der Waals surface area (Å²) in [6.07, 6.45) is 4.54. The van der Waals surface area contributed by atoms with Crippen LogP contribution < -0.4 is 10.6 Å². The first-order valence-electron chi connectivity index (χ1n) is 6.07. The molecule has 1 aromatic rings. The Morgan fingerprint density at radius 2 is 2.12 bits per heavy atom. The third kappa shape index (κ3) is 2.72. The summed E-state index contributed by atoms with van der Waals surface area (Å²) in [5.41, 5.74) is 5.57. The molecule has 0 amide bonds. The Morgan fingerprint density at radius 3 is 2.81 bits per heavy atom. The van der Waals surface area contributed by atoms with E-state index in [1.54, 1.807) is 0 Å². The van der Waals surface area contributed by atoms with E-state index in [-0.39, 0.29) is 0 Å². The minimum atomic E-state index is 0.398. The molecule has 5 nitrogen and oxygen atoms in total. The van der Waals surface area contributed by atoms with E-state index in [0.29, 0.717) is 18.4 Å². The summed E-state index contributed by atoms with van der Waals surface area (Å²) in [5, 5.41) is 4.03. The molecule has 0 spiro atoms. The second-order valence-electron chi connectivity index (χ2n) is 4.58. The Kier molecular flexibility index (Phi) is 3.77. The maximum absolute atomic E-state index is 5.57. The average molecular weight is 224 g/mol. The number of aromatic nitrogens is 2. The highest BCUT2D eigenvalue weighted by Gasteiger charge is 2.17. The summed E-state index contributed by atoms with van der Waals surface area (Å²) in [6.45, 7) is 4.84. The molecular formula is C11H20N4O. The summed E-state index contributed by atoms with van der Waals surface area (Å²) < 4.78 is 5.23. The second kappa shape index (κ2) is 5.30. The van der Waals surface area contributed by atoms with Gasteiger partial charge in [0.25, 0.3) is 5.95 Å². The topological polar surface area (TPSA) is 68.2 Å². The molecule has 1 aliphatic heterocycles. The van der Waals surface area contributed by atoms with Crippen LogP contribution in [0.4, 0.5) is 5.95 Å². The van der Waals surface area contributed by atoms with Crippen LogP contribution in [0.15, 0.2) is 4.52 Å². The Morgan fingerprint density at radius 1 is 1.38 bits per heavy atom. The molecule has 0 saturated carbocycles. The van der Waals surface area contributed by atoms with E-state index in [1.807, 2.05) is 0 Å². The second-order valence-corrected chi connectivity index (χ2v) is 4.58. The molecule has 0 bridgehead atoms. The van der Waals surface area contributed by atoms with Crippen LogP contribution in [-0.4, -0.2) is 29.8 Å². The number of hydrogen-bond acceptors (Lipinski definition) is 5. The number of piperidine rings is 1. The average Bonchev–Trinajstić information content (AvgIpc) is 2.78. The SMILES string of the molecule is CC(CN)Cc1nc(N2CCCCC2)no1. The molecule has 5 heteroatoms. The van der Waals surface area contributed by atoms with Crippen LogP contribution in [0.5, 0.6) is 0 Å². The van der Waals surface area contributed by atoms with E-state index in [2.05, 4.69) is 22.0 Å². The van der Waals surface area contributed by atoms with Gasteiger partial charge >= 0.3 is 0 Å². The van der Waals surface area contributed by atoms with Crippen LogP contribution in [0.3, 0.4) is 0 Å². The quantitative estimate of drug-likeness (QED) is 0.832. The van der Waals surface area contributed by atoms with Crippen molar-refractivity contribution >= 4 is 5.95 Å². The largest absolute Gasteiger partial charge is 0.338 e. The van der Waals surface area contributed by atoms with Crippen molar-refractivity contribution in [2.24, 2.45) is 11.7 Å². The Bertz CT molecular complexity index is 320. The first kappa shape index (κ1) is 11.4. The van der Waals surface area contributed by atoms with Crippen molar-refractivity contribution in [2.75, 3.05) is 24.5 Å². The minimum Gasteiger partial charge on any atom is -0.338 e. The maximum Gasteiger partial charge on any atom is 0.266 e. The fourth-order valence-electron chi connectivity index (χ4n) is 1.93. The highest BCUT2D eigenvalue weighted by molar-refractivity contribution is 5.27. The smallest absolute Gasteiger partial charge is 0.266 e. The fourth-order valence-corrected chi connectivity index (χ4v) is 1.93. The van der Waals surface area contributed by atoms with Crippen LogP contribution >= 0.6 is 0 Å². The minimum absolute atomic E-state index is 0.398. The highest BCUT2D eigenvalue weighted by Crippen LogP contribution is 2.17. The van der Waals surface area contributed by atoms with Crippen LogP contribution in [0.2, 0.25) is 0 Å². The Balaban J connectivity index is 1.95. The molecule has 1 aliphatic rings. The van der Waals surface area contributed by atoms with Gasteiger partial charge in [-0.1, -0.05) is 6.92 Å². The number of rotatable bonds is 4. The van der Waals surface area contributed by atoms with E-state index < -0.39 is 0 Å². The fraction of sp³-hybridized carbons (Fsp3) is 0.818. The van der Waals surface area contributed by atoms with Gasteiger partial charge in [0.15, 0.2) is 0 Å². The van der Waals surface area contributed by atoms with Crippen molar-refractivity contribution in [1.82, 2.24) is 10.1 Å². The molecule has 16 heavy (non-hydrogen) atoms. The van der Waals surface area contributed by atoms with Crippen LogP contribution in [-0.2, 0) is 6.42 Å². The number of anilines is 1. The van der Waals surface area contributed by atoms with Gasteiger partial charge in [0, 0.05) is 19.5 Å². The third-order valence-electron chi connectivity index (χ3n) is 3.02. The summed E-state index contributed by atoms with van der Waals surface area (Å²) in [7, 11) is 0. The van der Waals surface area contributed by atoms with Gasteiger partial charge in [-0.15, -0.1) is 0 Å². The van der Waals surface area contributed by atoms with Gasteiger partial charge in [0.05, 0.1) is 0 Å². The zero-order chi connectivity index (χ0) is 11.4. The molecule has 2 rings (SSSR count). The number of hydrogen-bond donors (Lipinski definition) is 1. The molecular weight excluding hydrogens is 204 g/mol. The van der Waals surface area contributed by atoms with Gasteiger partial charge in [-0.2, -0.15) is 4.98 Å². The van der Waals surface area contributed by atoms with Gasteiger partial charge < -0.3 is 15.2 Å². The zero-order valence-corrected chi connectivity index (χ0v) is 9.85. The van der Waals surface area contributed by atoms with E-state index in [1.165, 1.54) is 19.3 Å². The van der Waals surface area contributed by atoms with Gasteiger partial charge in [-0.05, 0) is 36.9 Å². The molecule has 2 N–H and O–H groups in total. The summed E-state index contributed by atoms with van der Waals surface area (Å²) >= 11 is 0. The molecule has 1 atom stereocenters.